The number of anilines is 1. The molecular weight excluding hydrogens is 260 g/mol. The van der Waals surface area contributed by atoms with E-state index in [-0.39, 0.29) is 24.5 Å². The van der Waals surface area contributed by atoms with Crippen LogP contribution >= 0.6 is 11.6 Å². The van der Waals surface area contributed by atoms with Crippen molar-refractivity contribution in [3.63, 3.8) is 0 Å². The number of rotatable bonds is 4. The minimum absolute atomic E-state index is 0.133. The number of halogens is 1. The number of hydrogen-bond donors (Lipinski definition) is 0. The van der Waals surface area contributed by atoms with Gasteiger partial charge in [0.1, 0.15) is 5.69 Å². The highest BCUT2D eigenvalue weighted by Crippen LogP contribution is 2.31. The molecule has 0 fully saturated rings. The monoisotopic (exact) mass is 272 g/mol. The smallest absolute Gasteiger partial charge is 0.414 e. The molecule has 0 aliphatic rings. The zero-order chi connectivity index (χ0) is 13.7. The second kappa shape index (κ2) is 6.20. The zero-order valence-electron chi connectivity index (χ0n) is 10.1. The molecule has 7 heteroatoms. The van der Waals surface area contributed by atoms with Crippen molar-refractivity contribution in [2.45, 2.75) is 13.8 Å². The van der Waals surface area contributed by atoms with Gasteiger partial charge in [-0.3, -0.25) is 15.0 Å². The minimum atomic E-state index is -0.634. The maximum Gasteiger partial charge on any atom is 0.414 e. The van der Waals surface area contributed by atoms with Crippen LogP contribution in [0.4, 0.5) is 16.2 Å². The number of carbonyl (C=O) groups is 1. The third-order valence-corrected chi connectivity index (χ3v) is 2.46. The van der Waals surface area contributed by atoms with E-state index in [1.54, 1.807) is 13.8 Å². The summed E-state index contributed by atoms with van der Waals surface area (Å²) in [6, 6.07) is 4.04. The first-order chi connectivity index (χ1) is 8.51. The molecule has 0 spiro atoms. The van der Waals surface area contributed by atoms with E-state index < -0.39 is 11.0 Å². The Bertz CT molecular complexity index is 464. The highest BCUT2D eigenvalue weighted by Gasteiger charge is 2.24. The summed E-state index contributed by atoms with van der Waals surface area (Å²) in [5.41, 5.74) is -0.0530. The lowest BCUT2D eigenvalue weighted by atomic mass is 10.2. The van der Waals surface area contributed by atoms with Crippen LogP contribution in [0, 0.1) is 10.1 Å². The van der Waals surface area contributed by atoms with Crippen LogP contribution in [0.3, 0.4) is 0 Å². The molecule has 0 saturated heterocycles. The van der Waals surface area contributed by atoms with Gasteiger partial charge in [0.25, 0.3) is 5.69 Å². The molecule has 0 unspecified atom stereocenters. The fourth-order valence-corrected chi connectivity index (χ4v) is 1.63. The molecule has 0 saturated carbocycles. The van der Waals surface area contributed by atoms with Gasteiger partial charge in [0.15, 0.2) is 0 Å². The lowest BCUT2D eigenvalue weighted by Gasteiger charge is -2.19. The van der Waals surface area contributed by atoms with Crippen LogP contribution in [-0.4, -0.2) is 24.2 Å². The van der Waals surface area contributed by atoms with Gasteiger partial charge in [-0.25, -0.2) is 4.79 Å². The quantitative estimate of drug-likeness (QED) is 0.623. The van der Waals surface area contributed by atoms with Crippen molar-refractivity contribution < 1.29 is 14.5 Å². The maximum absolute atomic E-state index is 11.7. The van der Waals surface area contributed by atoms with Gasteiger partial charge in [-0.1, -0.05) is 11.6 Å². The highest BCUT2D eigenvalue weighted by molar-refractivity contribution is 6.31. The molecular formula is C11H13ClN2O4. The van der Waals surface area contributed by atoms with Gasteiger partial charge in [0, 0.05) is 17.6 Å². The summed E-state index contributed by atoms with van der Waals surface area (Å²) >= 11 is 5.80. The minimum Gasteiger partial charge on any atom is -0.449 e. The molecule has 98 valence electrons. The summed E-state index contributed by atoms with van der Waals surface area (Å²) in [5, 5.41) is 11.2. The van der Waals surface area contributed by atoms with E-state index >= 15 is 0 Å². The zero-order valence-corrected chi connectivity index (χ0v) is 10.8. The summed E-state index contributed by atoms with van der Waals surface area (Å²) in [6.07, 6.45) is -0.634. The number of amides is 1. The Labute approximate surface area is 109 Å². The molecule has 0 aliphatic carbocycles. The van der Waals surface area contributed by atoms with Crippen LogP contribution in [0.1, 0.15) is 13.8 Å². The van der Waals surface area contributed by atoms with Gasteiger partial charge in [-0.05, 0) is 26.0 Å². The Morgan fingerprint density at radius 2 is 2.17 bits per heavy atom. The molecule has 1 amide bonds. The van der Waals surface area contributed by atoms with E-state index in [4.69, 9.17) is 16.3 Å². The van der Waals surface area contributed by atoms with Crippen LogP contribution in [0.2, 0.25) is 5.02 Å². The largest absolute Gasteiger partial charge is 0.449 e. The molecule has 6 nitrogen and oxygen atoms in total. The van der Waals surface area contributed by atoms with E-state index in [0.717, 1.165) is 0 Å². The van der Waals surface area contributed by atoms with Gasteiger partial charge in [0.05, 0.1) is 11.5 Å². The van der Waals surface area contributed by atoms with E-state index in [9.17, 15) is 14.9 Å². The lowest BCUT2D eigenvalue weighted by Crippen LogP contribution is -2.31. The number of nitro benzene ring substituents is 1. The lowest BCUT2D eigenvalue weighted by molar-refractivity contribution is -0.384. The third-order valence-electron chi connectivity index (χ3n) is 2.23. The molecule has 0 N–H and O–H groups in total. The van der Waals surface area contributed by atoms with Crippen LogP contribution < -0.4 is 4.90 Å². The van der Waals surface area contributed by atoms with E-state index in [0.29, 0.717) is 5.02 Å². The average molecular weight is 273 g/mol. The molecule has 0 aliphatic heterocycles. The summed E-state index contributed by atoms with van der Waals surface area (Å²) in [5.74, 6) is 0. The summed E-state index contributed by atoms with van der Waals surface area (Å²) in [4.78, 5) is 23.2. The number of carbonyl (C=O) groups excluding carboxylic acids is 1. The van der Waals surface area contributed by atoms with E-state index in [1.165, 1.54) is 23.1 Å². The molecule has 1 aromatic carbocycles. The second-order valence-electron chi connectivity index (χ2n) is 3.33. The summed E-state index contributed by atoms with van der Waals surface area (Å²) < 4.78 is 4.85. The Kier molecular flexibility index (Phi) is 4.91. The van der Waals surface area contributed by atoms with Crippen LogP contribution in [0.15, 0.2) is 18.2 Å². The third kappa shape index (κ3) is 3.10. The molecule has 0 atom stereocenters. The number of benzene rings is 1. The molecule has 18 heavy (non-hydrogen) atoms. The van der Waals surface area contributed by atoms with Crippen molar-refractivity contribution in [2.75, 3.05) is 18.1 Å². The number of hydrogen-bond acceptors (Lipinski definition) is 4. The topological polar surface area (TPSA) is 72.7 Å². The fraction of sp³-hybridized carbons (Fsp3) is 0.364. The van der Waals surface area contributed by atoms with E-state index in [2.05, 4.69) is 0 Å². The summed E-state index contributed by atoms with van der Waals surface area (Å²) in [6.45, 7) is 3.81. The normalized spacial score (nSPS) is 9.94. The molecule has 1 rings (SSSR count). The standard InChI is InChI=1S/C11H13ClN2O4/c1-3-13(11(15)18-4-2)10-7-8(12)5-6-9(10)14(16)17/h5-7H,3-4H2,1-2H3. The number of nitrogens with zero attached hydrogens (tertiary/aromatic N) is 2. The molecule has 0 aromatic heterocycles. The van der Waals surface area contributed by atoms with Gasteiger partial charge in [-0.15, -0.1) is 0 Å². The first-order valence-corrected chi connectivity index (χ1v) is 5.77. The Hall–Kier alpha value is -1.82. The van der Waals surface area contributed by atoms with Gasteiger partial charge in [0.2, 0.25) is 0 Å². The van der Waals surface area contributed by atoms with Crippen molar-refractivity contribution in [2.24, 2.45) is 0 Å². The molecule has 0 heterocycles. The SMILES string of the molecule is CCOC(=O)N(CC)c1cc(Cl)ccc1[N+](=O)[O-]. The van der Waals surface area contributed by atoms with Gasteiger partial charge >= 0.3 is 6.09 Å². The average Bonchev–Trinajstić information content (AvgIpc) is 2.30. The van der Waals surface area contributed by atoms with Crippen molar-refractivity contribution >= 4 is 29.1 Å². The Morgan fingerprint density at radius 1 is 1.50 bits per heavy atom. The predicted octanol–water partition coefficient (Wildman–Crippen LogP) is 3.23. The molecule has 0 radical (unpaired) electrons. The Morgan fingerprint density at radius 3 is 2.67 bits per heavy atom. The van der Waals surface area contributed by atoms with Crippen molar-refractivity contribution in [1.82, 2.24) is 0 Å². The Balaban J connectivity index is 3.22. The summed E-state index contributed by atoms with van der Waals surface area (Å²) in [7, 11) is 0. The maximum atomic E-state index is 11.7. The molecule has 0 bridgehead atoms. The second-order valence-corrected chi connectivity index (χ2v) is 3.77. The number of ether oxygens (including phenoxy) is 1. The van der Waals surface area contributed by atoms with Crippen molar-refractivity contribution in [1.29, 1.82) is 0 Å². The van der Waals surface area contributed by atoms with Crippen molar-refractivity contribution in [3.8, 4) is 0 Å². The fourth-order valence-electron chi connectivity index (χ4n) is 1.47. The highest BCUT2D eigenvalue weighted by atomic mass is 35.5. The van der Waals surface area contributed by atoms with Gasteiger partial charge < -0.3 is 4.74 Å². The molecule has 1 aromatic rings. The van der Waals surface area contributed by atoms with Gasteiger partial charge in [-0.2, -0.15) is 0 Å². The van der Waals surface area contributed by atoms with Crippen LogP contribution in [-0.2, 0) is 4.74 Å². The first-order valence-electron chi connectivity index (χ1n) is 5.39. The van der Waals surface area contributed by atoms with Crippen molar-refractivity contribution in [3.05, 3.63) is 33.3 Å². The predicted molar refractivity (Wildman–Crippen MR) is 68.1 cm³/mol. The van der Waals surface area contributed by atoms with Crippen LogP contribution in [0.25, 0.3) is 0 Å². The number of nitro groups is 1. The van der Waals surface area contributed by atoms with Crippen LogP contribution in [0.5, 0.6) is 0 Å². The first kappa shape index (κ1) is 14.2. The van der Waals surface area contributed by atoms with E-state index in [1.807, 2.05) is 0 Å².